The topological polar surface area (TPSA) is 86.2 Å². The molecule has 2 aromatic heterocycles. The Labute approximate surface area is 127 Å². The maximum Gasteiger partial charge on any atom is 0.416 e. The number of hydrogen-bond donors (Lipinski definition) is 1. The molecule has 118 valence electrons. The quantitative estimate of drug-likeness (QED) is 0.797. The largest absolute Gasteiger partial charge is 0.416 e. The summed E-state index contributed by atoms with van der Waals surface area (Å²) in [6.07, 6.45) is -3.21. The predicted molar refractivity (Wildman–Crippen MR) is 74.1 cm³/mol. The van der Waals surface area contributed by atoms with Gasteiger partial charge in [0.15, 0.2) is 17.3 Å². The summed E-state index contributed by atoms with van der Waals surface area (Å²) >= 11 is 0. The average molecular weight is 321 g/mol. The van der Waals surface area contributed by atoms with Crippen molar-refractivity contribution in [2.75, 3.05) is 0 Å². The van der Waals surface area contributed by atoms with E-state index in [1.54, 1.807) is 0 Å². The molecular weight excluding hydrogens is 311 g/mol. The van der Waals surface area contributed by atoms with Crippen LogP contribution in [0.1, 0.15) is 11.4 Å². The summed E-state index contributed by atoms with van der Waals surface area (Å²) in [6.45, 7) is 0. The highest BCUT2D eigenvalue weighted by molar-refractivity contribution is 5.75. The zero-order valence-corrected chi connectivity index (χ0v) is 11.6. The summed E-state index contributed by atoms with van der Waals surface area (Å²) in [5, 5.41) is 4.08. The number of hydrogen-bond acceptors (Lipinski definition) is 4. The molecule has 2 N–H and O–H groups in total. The second-order valence-corrected chi connectivity index (χ2v) is 4.79. The van der Waals surface area contributed by atoms with E-state index in [1.165, 1.54) is 28.9 Å². The molecule has 1 aromatic carbocycles. The van der Waals surface area contributed by atoms with Crippen molar-refractivity contribution >= 4 is 11.6 Å². The van der Waals surface area contributed by atoms with Crippen molar-refractivity contribution < 1.29 is 18.0 Å². The van der Waals surface area contributed by atoms with E-state index in [2.05, 4.69) is 15.1 Å². The van der Waals surface area contributed by atoms with Crippen LogP contribution in [0.15, 0.2) is 36.5 Å². The normalized spacial score (nSPS) is 11.8. The number of benzene rings is 1. The van der Waals surface area contributed by atoms with Gasteiger partial charge >= 0.3 is 6.18 Å². The highest BCUT2D eigenvalue weighted by atomic mass is 19.4. The Bertz CT molecular complexity index is 887. The molecule has 1 amide bonds. The van der Waals surface area contributed by atoms with Crippen molar-refractivity contribution in [3.05, 3.63) is 47.9 Å². The number of carbonyl (C=O) groups excluding carboxylic acids is 1. The molecule has 0 fully saturated rings. The van der Waals surface area contributed by atoms with Crippen LogP contribution in [0.4, 0.5) is 13.2 Å². The second-order valence-electron chi connectivity index (χ2n) is 4.79. The van der Waals surface area contributed by atoms with E-state index >= 15 is 0 Å². The van der Waals surface area contributed by atoms with Crippen molar-refractivity contribution in [1.82, 2.24) is 19.6 Å². The highest BCUT2D eigenvalue weighted by Crippen LogP contribution is 2.31. The number of alkyl halides is 3. The number of primary amides is 1. The van der Waals surface area contributed by atoms with Gasteiger partial charge in [-0.1, -0.05) is 12.1 Å². The molecule has 0 aliphatic heterocycles. The van der Waals surface area contributed by atoms with Gasteiger partial charge in [-0.05, 0) is 12.1 Å². The fraction of sp³-hybridized carbons (Fsp3) is 0.143. The first-order chi connectivity index (χ1) is 10.8. The van der Waals surface area contributed by atoms with Crippen molar-refractivity contribution in [1.29, 1.82) is 0 Å². The van der Waals surface area contributed by atoms with E-state index in [1.807, 2.05) is 0 Å². The predicted octanol–water partition coefficient (Wildman–Crippen LogP) is 1.84. The first-order valence-electron chi connectivity index (χ1n) is 6.51. The Kier molecular flexibility index (Phi) is 3.47. The average Bonchev–Trinajstić information content (AvgIpc) is 2.87. The van der Waals surface area contributed by atoms with Crippen molar-refractivity contribution in [3.63, 3.8) is 0 Å². The van der Waals surface area contributed by atoms with Gasteiger partial charge in [0, 0.05) is 17.8 Å². The van der Waals surface area contributed by atoms with E-state index in [-0.39, 0.29) is 23.6 Å². The number of aromatic nitrogens is 4. The minimum absolute atomic E-state index is 0.163. The Morgan fingerprint density at radius 3 is 2.74 bits per heavy atom. The van der Waals surface area contributed by atoms with Gasteiger partial charge in [0.05, 0.1) is 12.0 Å². The molecule has 2 heterocycles. The molecule has 3 aromatic rings. The Hall–Kier alpha value is -2.97. The summed E-state index contributed by atoms with van der Waals surface area (Å²) in [5.74, 6) is -0.231. The highest BCUT2D eigenvalue weighted by Gasteiger charge is 2.30. The lowest BCUT2D eigenvalue weighted by molar-refractivity contribution is -0.137. The number of rotatable bonds is 3. The summed E-state index contributed by atoms with van der Waals surface area (Å²) in [5.41, 5.74) is 4.91. The monoisotopic (exact) mass is 321 g/mol. The Balaban J connectivity index is 2.13. The lowest BCUT2D eigenvalue weighted by atomic mass is 10.1. The number of carbonyl (C=O) groups is 1. The molecule has 0 aliphatic carbocycles. The van der Waals surface area contributed by atoms with Crippen molar-refractivity contribution in [2.24, 2.45) is 5.73 Å². The van der Waals surface area contributed by atoms with Crippen LogP contribution < -0.4 is 5.73 Å². The first kappa shape index (κ1) is 14.9. The van der Waals surface area contributed by atoms with Crippen LogP contribution in [-0.2, 0) is 17.4 Å². The molecule has 0 aliphatic rings. The zero-order valence-electron chi connectivity index (χ0n) is 11.6. The molecule has 0 spiro atoms. The summed E-state index contributed by atoms with van der Waals surface area (Å²) in [7, 11) is 0. The van der Waals surface area contributed by atoms with Crippen LogP contribution in [0.5, 0.6) is 0 Å². The molecule has 0 atom stereocenters. The zero-order chi connectivity index (χ0) is 16.6. The molecule has 6 nitrogen and oxygen atoms in total. The summed E-state index contributed by atoms with van der Waals surface area (Å²) in [6, 6.07) is 6.28. The van der Waals surface area contributed by atoms with Crippen LogP contribution in [0, 0.1) is 0 Å². The van der Waals surface area contributed by atoms with Crippen LogP contribution in [0.3, 0.4) is 0 Å². The van der Waals surface area contributed by atoms with Crippen molar-refractivity contribution in [2.45, 2.75) is 12.6 Å². The van der Waals surface area contributed by atoms with Gasteiger partial charge in [-0.3, -0.25) is 4.79 Å². The third-order valence-corrected chi connectivity index (χ3v) is 3.08. The third-order valence-electron chi connectivity index (χ3n) is 3.08. The van der Waals surface area contributed by atoms with Gasteiger partial charge in [0.1, 0.15) is 0 Å². The lowest BCUT2D eigenvalue weighted by Gasteiger charge is -2.08. The minimum atomic E-state index is -4.45. The molecule has 0 bridgehead atoms. The third kappa shape index (κ3) is 2.98. The van der Waals surface area contributed by atoms with E-state index in [0.717, 1.165) is 12.1 Å². The molecular formula is C14H10F3N5O. The maximum absolute atomic E-state index is 12.8. The minimum Gasteiger partial charge on any atom is -0.369 e. The smallest absolute Gasteiger partial charge is 0.369 e. The van der Waals surface area contributed by atoms with Crippen LogP contribution in [0.25, 0.3) is 17.0 Å². The number of halogens is 3. The number of amides is 1. The summed E-state index contributed by atoms with van der Waals surface area (Å²) in [4.78, 5) is 19.1. The van der Waals surface area contributed by atoms with Gasteiger partial charge in [-0.2, -0.15) is 17.7 Å². The lowest BCUT2D eigenvalue weighted by Crippen LogP contribution is -2.14. The number of fused-ring (bicyclic) bond motifs is 1. The molecule has 0 saturated carbocycles. The van der Waals surface area contributed by atoms with Gasteiger partial charge in [0.2, 0.25) is 5.91 Å². The maximum atomic E-state index is 12.8. The van der Waals surface area contributed by atoms with Crippen molar-refractivity contribution in [3.8, 4) is 11.4 Å². The Morgan fingerprint density at radius 2 is 2.04 bits per heavy atom. The molecule has 0 saturated heterocycles. The molecule has 9 heteroatoms. The van der Waals surface area contributed by atoms with Crippen LogP contribution in [0.2, 0.25) is 0 Å². The number of nitrogens with two attached hydrogens (primary N) is 1. The van der Waals surface area contributed by atoms with Gasteiger partial charge in [-0.15, -0.1) is 5.10 Å². The molecule has 0 unspecified atom stereocenters. The van der Waals surface area contributed by atoms with E-state index in [4.69, 9.17) is 5.73 Å². The van der Waals surface area contributed by atoms with Gasteiger partial charge in [0.25, 0.3) is 0 Å². The van der Waals surface area contributed by atoms with Gasteiger partial charge < -0.3 is 5.73 Å². The SMILES string of the molecule is NC(=O)Cc1nc2ccnc(-c3cccc(C(F)(F)F)c3)n2n1. The fourth-order valence-electron chi connectivity index (χ4n) is 2.12. The van der Waals surface area contributed by atoms with E-state index < -0.39 is 17.6 Å². The van der Waals surface area contributed by atoms with Gasteiger partial charge in [-0.25, -0.2) is 9.97 Å². The Morgan fingerprint density at radius 1 is 1.26 bits per heavy atom. The molecule has 3 rings (SSSR count). The molecule has 0 radical (unpaired) electrons. The standard InChI is InChI=1S/C14H10F3N5O/c15-14(16,17)9-3-1-2-8(6-9)13-19-5-4-12-20-11(7-10(18)23)21-22(12)13/h1-6H,7H2,(H2,18,23). The first-order valence-corrected chi connectivity index (χ1v) is 6.51. The van der Waals surface area contributed by atoms with E-state index in [9.17, 15) is 18.0 Å². The summed E-state index contributed by atoms with van der Waals surface area (Å²) < 4.78 is 39.8. The molecule has 23 heavy (non-hydrogen) atoms. The van der Waals surface area contributed by atoms with Crippen LogP contribution in [-0.4, -0.2) is 25.5 Å². The second kappa shape index (κ2) is 5.34. The number of nitrogens with zero attached hydrogens (tertiary/aromatic N) is 4. The van der Waals surface area contributed by atoms with Crippen LogP contribution >= 0.6 is 0 Å². The fourth-order valence-corrected chi connectivity index (χ4v) is 2.12. The van der Waals surface area contributed by atoms with E-state index in [0.29, 0.717) is 5.65 Å².